The van der Waals surface area contributed by atoms with Crippen molar-refractivity contribution < 1.29 is 14.4 Å². The predicted octanol–water partition coefficient (Wildman–Crippen LogP) is -0.721. The fourth-order valence-corrected chi connectivity index (χ4v) is 0.513. The molecule has 0 rings (SSSR count). The van der Waals surface area contributed by atoms with Crippen molar-refractivity contribution in [3.05, 3.63) is 0 Å². The largest absolute Gasteiger partial charge is 0.346 e. The Hall–Kier alpha value is -1.19. The van der Waals surface area contributed by atoms with Crippen molar-refractivity contribution in [1.29, 1.82) is 0 Å². The quantitative estimate of drug-likeness (QED) is 0.528. The first-order valence-corrected chi connectivity index (χ1v) is 2.86. The van der Waals surface area contributed by atoms with Crippen LogP contribution in [0.1, 0.15) is 13.3 Å². The van der Waals surface area contributed by atoms with Crippen molar-refractivity contribution >= 4 is 18.5 Å². The van der Waals surface area contributed by atoms with Crippen molar-refractivity contribution in [2.24, 2.45) is 0 Å². The zero-order valence-corrected chi connectivity index (χ0v) is 5.66. The second-order valence-electron chi connectivity index (χ2n) is 1.85. The number of amides is 1. The maximum absolute atomic E-state index is 10.3. The van der Waals surface area contributed by atoms with Crippen molar-refractivity contribution in [3.63, 3.8) is 0 Å². The van der Waals surface area contributed by atoms with E-state index in [0.29, 0.717) is 12.6 Å². The molecule has 0 unspecified atom stereocenters. The standard InChI is InChI=1S/C6H9NO3/c1-5(10)7-6(4-9)2-3-8/h3-4,6H,2H2,1H3,(H,7,10)/t6-/m0/s1. The van der Waals surface area contributed by atoms with Gasteiger partial charge in [-0.1, -0.05) is 0 Å². The Bertz CT molecular complexity index is 144. The monoisotopic (exact) mass is 143 g/mol. The van der Waals surface area contributed by atoms with Crippen LogP contribution >= 0.6 is 0 Å². The molecule has 1 atom stereocenters. The minimum atomic E-state index is -0.657. The molecule has 0 aromatic rings. The first-order chi connectivity index (χ1) is 4.70. The summed E-state index contributed by atoms with van der Waals surface area (Å²) in [6.45, 7) is 1.29. The van der Waals surface area contributed by atoms with Crippen LogP contribution in [0.2, 0.25) is 0 Å². The van der Waals surface area contributed by atoms with Gasteiger partial charge in [-0.05, 0) is 0 Å². The molecule has 1 N–H and O–H groups in total. The van der Waals surface area contributed by atoms with E-state index in [2.05, 4.69) is 5.32 Å². The Morgan fingerprint density at radius 2 is 2.20 bits per heavy atom. The Balaban J connectivity index is 3.70. The average molecular weight is 143 g/mol. The molecule has 0 heterocycles. The van der Waals surface area contributed by atoms with E-state index < -0.39 is 6.04 Å². The van der Waals surface area contributed by atoms with Crippen LogP contribution in [0.15, 0.2) is 0 Å². The molecule has 56 valence electrons. The molecule has 0 bridgehead atoms. The average Bonchev–Trinajstić information content (AvgIpc) is 1.86. The van der Waals surface area contributed by atoms with E-state index >= 15 is 0 Å². The number of hydrogen-bond acceptors (Lipinski definition) is 3. The molecule has 0 fully saturated rings. The molecule has 0 aliphatic rings. The summed E-state index contributed by atoms with van der Waals surface area (Å²) in [5, 5.41) is 2.29. The van der Waals surface area contributed by atoms with Crippen molar-refractivity contribution in [2.45, 2.75) is 19.4 Å². The van der Waals surface area contributed by atoms with Gasteiger partial charge < -0.3 is 14.9 Å². The van der Waals surface area contributed by atoms with E-state index in [-0.39, 0.29) is 12.3 Å². The van der Waals surface area contributed by atoms with E-state index in [0.717, 1.165) is 0 Å². The van der Waals surface area contributed by atoms with Crippen molar-refractivity contribution in [1.82, 2.24) is 5.32 Å². The van der Waals surface area contributed by atoms with E-state index in [1.165, 1.54) is 6.92 Å². The first-order valence-electron chi connectivity index (χ1n) is 2.86. The van der Waals surface area contributed by atoms with E-state index in [1.54, 1.807) is 0 Å². The predicted molar refractivity (Wildman–Crippen MR) is 34.3 cm³/mol. The first kappa shape index (κ1) is 8.81. The highest BCUT2D eigenvalue weighted by molar-refractivity contribution is 5.78. The third-order valence-corrected chi connectivity index (χ3v) is 0.903. The Labute approximate surface area is 58.6 Å². The van der Waals surface area contributed by atoms with Gasteiger partial charge in [0.2, 0.25) is 5.91 Å². The Kier molecular flexibility index (Phi) is 4.11. The van der Waals surface area contributed by atoms with Gasteiger partial charge in [0.05, 0.1) is 6.04 Å². The molecule has 0 aromatic heterocycles. The SMILES string of the molecule is CC(=O)N[C@H](C=O)CC=O. The highest BCUT2D eigenvalue weighted by Gasteiger charge is 2.05. The second kappa shape index (κ2) is 4.67. The van der Waals surface area contributed by atoms with E-state index in [9.17, 15) is 14.4 Å². The van der Waals surface area contributed by atoms with Crippen molar-refractivity contribution in [2.75, 3.05) is 0 Å². The summed E-state index contributed by atoms with van der Waals surface area (Å²) >= 11 is 0. The third-order valence-electron chi connectivity index (χ3n) is 0.903. The number of aldehydes is 2. The maximum atomic E-state index is 10.3. The third kappa shape index (κ3) is 3.77. The van der Waals surface area contributed by atoms with E-state index in [1.807, 2.05) is 0 Å². The van der Waals surface area contributed by atoms with Crippen LogP contribution in [0.5, 0.6) is 0 Å². The summed E-state index contributed by atoms with van der Waals surface area (Å²) in [5.74, 6) is -0.307. The molecule has 0 aliphatic carbocycles. The lowest BCUT2D eigenvalue weighted by atomic mass is 10.2. The Morgan fingerprint density at radius 1 is 1.60 bits per heavy atom. The summed E-state index contributed by atoms with van der Waals surface area (Å²) in [7, 11) is 0. The van der Waals surface area contributed by atoms with Gasteiger partial charge in [0.25, 0.3) is 0 Å². The summed E-state index contributed by atoms with van der Waals surface area (Å²) in [6.07, 6.45) is 1.17. The molecular formula is C6H9NO3. The highest BCUT2D eigenvalue weighted by Crippen LogP contribution is 1.82. The minimum absolute atomic E-state index is 0.0447. The zero-order chi connectivity index (χ0) is 7.98. The normalized spacial score (nSPS) is 11.7. The zero-order valence-electron chi connectivity index (χ0n) is 5.66. The molecule has 0 saturated carbocycles. The summed E-state index contributed by atoms with van der Waals surface area (Å²) in [6, 6.07) is -0.657. The second-order valence-corrected chi connectivity index (χ2v) is 1.85. The molecule has 1 amide bonds. The topological polar surface area (TPSA) is 63.2 Å². The molecule has 4 heteroatoms. The van der Waals surface area contributed by atoms with Gasteiger partial charge in [0.15, 0.2) is 0 Å². The molecule has 4 nitrogen and oxygen atoms in total. The maximum Gasteiger partial charge on any atom is 0.217 e. The molecule has 0 aromatic carbocycles. The molecule has 0 saturated heterocycles. The highest BCUT2D eigenvalue weighted by atomic mass is 16.2. The van der Waals surface area contributed by atoms with Crippen molar-refractivity contribution in [3.8, 4) is 0 Å². The van der Waals surface area contributed by atoms with Crippen LogP contribution in [0.4, 0.5) is 0 Å². The summed E-state index contributed by atoms with van der Waals surface area (Å²) in [5.41, 5.74) is 0. The van der Waals surface area contributed by atoms with Gasteiger partial charge in [-0.15, -0.1) is 0 Å². The van der Waals surface area contributed by atoms with Gasteiger partial charge >= 0.3 is 0 Å². The smallest absolute Gasteiger partial charge is 0.217 e. The summed E-state index contributed by atoms with van der Waals surface area (Å²) < 4.78 is 0. The molecule has 10 heavy (non-hydrogen) atoms. The number of rotatable bonds is 4. The van der Waals surface area contributed by atoms with Crippen LogP contribution in [0.3, 0.4) is 0 Å². The lowest BCUT2D eigenvalue weighted by Crippen LogP contribution is -2.34. The molecule has 0 radical (unpaired) electrons. The van der Waals surface area contributed by atoms with Gasteiger partial charge in [-0.25, -0.2) is 0 Å². The summed E-state index contributed by atoms with van der Waals surface area (Å²) in [4.78, 5) is 30.2. The fraction of sp³-hybridized carbons (Fsp3) is 0.500. The van der Waals surface area contributed by atoms with Crippen LogP contribution in [0, 0.1) is 0 Å². The van der Waals surface area contributed by atoms with Crippen LogP contribution in [-0.4, -0.2) is 24.5 Å². The molecule has 0 spiro atoms. The van der Waals surface area contributed by atoms with Crippen LogP contribution in [0.25, 0.3) is 0 Å². The lowest BCUT2D eigenvalue weighted by Gasteiger charge is -2.05. The molecular weight excluding hydrogens is 134 g/mol. The van der Waals surface area contributed by atoms with Gasteiger partial charge in [-0.3, -0.25) is 4.79 Å². The number of carbonyl (C=O) groups is 3. The van der Waals surface area contributed by atoms with Crippen LogP contribution < -0.4 is 5.32 Å². The Morgan fingerprint density at radius 3 is 2.50 bits per heavy atom. The number of hydrogen-bond donors (Lipinski definition) is 1. The van der Waals surface area contributed by atoms with Gasteiger partial charge in [0.1, 0.15) is 12.6 Å². The van der Waals surface area contributed by atoms with Crippen LogP contribution in [-0.2, 0) is 14.4 Å². The lowest BCUT2D eigenvalue weighted by molar-refractivity contribution is -0.122. The fourth-order valence-electron chi connectivity index (χ4n) is 0.513. The number of carbonyl (C=O) groups excluding carboxylic acids is 3. The van der Waals surface area contributed by atoms with E-state index in [4.69, 9.17) is 0 Å². The molecule has 0 aliphatic heterocycles. The minimum Gasteiger partial charge on any atom is -0.346 e. The van der Waals surface area contributed by atoms with Gasteiger partial charge in [-0.2, -0.15) is 0 Å². The number of nitrogens with one attached hydrogen (secondary N) is 1. The van der Waals surface area contributed by atoms with Gasteiger partial charge in [0, 0.05) is 13.3 Å².